The summed E-state index contributed by atoms with van der Waals surface area (Å²) in [6.45, 7) is 0. The molecule has 0 radical (unpaired) electrons. The van der Waals surface area contributed by atoms with Gasteiger partial charge >= 0.3 is 5.97 Å². The molecule has 140 valence electrons. The van der Waals surface area contributed by atoms with Crippen molar-refractivity contribution in [2.45, 2.75) is 0 Å². The van der Waals surface area contributed by atoms with Crippen LogP contribution in [0.5, 0.6) is 0 Å². The third kappa shape index (κ3) is 4.77. The van der Waals surface area contributed by atoms with Crippen molar-refractivity contribution < 1.29 is 14.4 Å². The molecule has 2 aromatic heterocycles. The van der Waals surface area contributed by atoms with E-state index in [1.54, 1.807) is 30.3 Å². The van der Waals surface area contributed by atoms with E-state index in [-0.39, 0.29) is 5.82 Å². The number of carbonyl (C=O) groups is 1. The molecule has 0 atom stereocenters. The molecule has 0 aliphatic rings. The molecule has 0 aliphatic heterocycles. The molecule has 2 heterocycles. The predicted octanol–water partition coefficient (Wildman–Crippen LogP) is 3.92. The summed E-state index contributed by atoms with van der Waals surface area (Å²) in [6.07, 6.45) is 1.51. The van der Waals surface area contributed by atoms with Crippen molar-refractivity contribution in [3.8, 4) is 23.0 Å². The lowest BCUT2D eigenvalue weighted by Crippen LogP contribution is -1.98. The molecule has 0 fully saturated rings. The van der Waals surface area contributed by atoms with E-state index in [4.69, 9.17) is 15.4 Å². The number of benzene rings is 2. The number of carboxylic acids is 1. The van der Waals surface area contributed by atoms with Crippen molar-refractivity contribution >= 4 is 27.7 Å². The lowest BCUT2D eigenvalue weighted by atomic mass is 10.2. The van der Waals surface area contributed by atoms with Crippen LogP contribution in [0.15, 0.2) is 76.0 Å². The fourth-order valence-electron chi connectivity index (χ4n) is 2.14. The van der Waals surface area contributed by atoms with Gasteiger partial charge in [0.25, 0.3) is 5.89 Å². The summed E-state index contributed by atoms with van der Waals surface area (Å²) in [4.78, 5) is 22.7. The highest BCUT2D eigenvalue weighted by atomic mass is 79.9. The van der Waals surface area contributed by atoms with Gasteiger partial charge < -0.3 is 15.4 Å². The van der Waals surface area contributed by atoms with E-state index in [2.05, 4.69) is 36.0 Å². The Labute approximate surface area is 168 Å². The van der Waals surface area contributed by atoms with Crippen LogP contribution in [0.1, 0.15) is 10.4 Å². The van der Waals surface area contributed by atoms with Crippen molar-refractivity contribution in [3.05, 3.63) is 77.0 Å². The molecule has 3 N–H and O–H groups in total. The summed E-state index contributed by atoms with van der Waals surface area (Å²) in [5, 5.41) is 12.3. The minimum absolute atomic E-state index is 0.253. The number of halogens is 1. The van der Waals surface area contributed by atoms with Crippen LogP contribution < -0.4 is 5.73 Å². The number of hydrogen-bond donors (Lipinski definition) is 2. The second kappa shape index (κ2) is 8.87. The van der Waals surface area contributed by atoms with Crippen molar-refractivity contribution in [1.82, 2.24) is 20.1 Å². The lowest BCUT2D eigenvalue weighted by molar-refractivity contribution is 0.0697. The van der Waals surface area contributed by atoms with Gasteiger partial charge in [0.2, 0.25) is 5.82 Å². The fourth-order valence-corrected chi connectivity index (χ4v) is 2.42. The smallest absolute Gasteiger partial charge is 0.335 e. The number of nitrogens with two attached hydrogens (primary N) is 1. The van der Waals surface area contributed by atoms with Crippen LogP contribution in [0.3, 0.4) is 0 Å². The molecule has 0 aliphatic carbocycles. The Morgan fingerprint density at radius 1 is 1.00 bits per heavy atom. The van der Waals surface area contributed by atoms with E-state index in [1.807, 2.05) is 30.3 Å². The zero-order valence-electron chi connectivity index (χ0n) is 14.4. The van der Waals surface area contributed by atoms with Crippen LogP contribution in [0.2, 0.25) is 0 Å². The van der Waals surface area contributed by atoms with Crippen LogP contribution in [0.25, 0.3) is 23.0 Å². The second-order valence-electron chi connectivity index (χ2n) is 5.39. The number of nitrogen functional groups attached to an aromatic ring is 1. The number of carboxylic acid groups (broad SMARTS) is 1. The Balaban J connectivity index is 0.000000211. The van der Waals surface area contributed by atoms with Crippen LogP contribution in [0, 0.1) is 0 Å². The third-order valence-corrected chi connectivity index (χ3v) is 3.83. The Morgan fingerprint density at radius 3 is 2.25 bits per heavy atom. The van der Waals surface area contributed by atoms with Gasteiger partial charge in [0.05, 0.1) is 11.8 Å². The minimum Gasteiger partial charge on any atom is -0.478 e. The van der Waals surface area contributed by atoms with Gasteiger partial charge in [-0.1, -0.05) is 41.6 Å². The molecule has 0 amide bonds. The average Bonchev–Trinajstić information content (AvgIpc) is 3.22. The SMILES string of the molecule is Nc1ncc(Br)nc1-c1noc(-c2ccccc2)n1.O=C(O)c1ccccc1. The molecule has 0 saturated heterocycles. The molecule has 0 spiro atoms. The van der Waals surface area contributed by atoms with Gasteiger partial charge in [-0.05, 0) is 40.2 Å². The van der Waals surface area contributed by atoms with Gasteiger partial charge in [-0.3, -0.25) is 0 Å². The first kappa shape index (κ1) is 19.2. The fraction of sp³-hybridized carbons (Fsp3) is 0. The number of rotatable bonds is 3. The Hall–Kier alpha value is -3.59. The number of anilines is 1. The van der Waals surface area contributed by atoms with Crippen LogP contribution in [-0.4, -0.2) is 31.2 Å². The number of aromatic carboxylic acids is 1. The Morgan fingerprint density at radius 2 is 1.64 bits per heavy atom. The molecule has 4 rings (SSSR count). The summed E-state index contributed by atoms with van der Waals surface area (Å²) >= 11 is 3.23. The first-order valence-electron chi connectivity index (χ1n) is 8.00. The van der Waals surface area contributed by atoms with Gasteiger partial charge in [0, 0.05) is 5.56 Å². The van der Waals surface area contributed by atoms with E-state index >= 15 is 0 Å². The molecule has 8 nitrogen and oxygen atoms in total. The highest BCUT2D eigenvalue weighted by Gasteiger charge is 2.15. The summed E-state index contributed by atoms with van der Waals surface area (Å²) in [5.74, 6) is 0.0983. The predicted molar refractivity (Wildman–Crippen MR) is 106 cm³/mol. The molecule has 4 aromatic rings. The van der Waals surface area contributed by atoms with Crippen molar-refractivity contribution in [2.75, 3.05) is 5.73 Å². The quantitative estimate of drug-likeness (QED) is 0.491. The minimum atomic E-state index is -0.879. The van der Waals surface area contributed by atoms with Crippen molar-refractivity contribution in [1.29, 1.82) is 0 Å². The average molecular weight is 440 g/mol. The largest absolute Gasteiger partial charge is 0.478 e. The zero-order valence-corrected chi connectivity index (χ0v) is 15.9. The van der Waals surface area contributed by atoms with Gasteiger partial charge in [0.15, 0.2) is 11.5 Å². The number of aromatic nitrogens is 4. The van der Waals surface area contributed by atoms with E-state index < -0.39 is 5.97 Å². The van der Waals surface area contributed by atoms with Crippen LogP contribution >= 0.6 is 15.9 Å². The number of nitrogens with zero attached hydrogens (tertiary/aromatic N) is 4. The van der Waals surface area contributed by atoms with Gasteiger partial charge in [-0.25, -0.2) is 14.8 Å². The van der Waals surface area contributed by atoms with Crippen LogP contribution in [-0.2, 0) is 0 Å². The van der Waals surface area contributed by atoms with Crippen molar-refractivity contribution in [3.63, 3.8) is 0 Å². The maximum atomic E-state index is 10.2. The summed E-state index contributed by atoms with van der Waals surface area (Å²) in [7, 11) is 0. The van der Waals surface area contributed by atoms with Crippen LogP contribution in [0.4, 0.5) is 5.82 Å². The standard InChI is InChI=1S/C12H8BrN5O.C7H6O2/c13-8-6-15-10(14)9(16-8)11-17-12(19-18-11)7-4-2-1-3-5-7;8-7(9)6-4-2-1-3-5-6/h1-6H,(H2,14,15);1-5H,(H,8,9). The molecular formula is C19H14BrN5O3. The van der Waals surface area contributed by atoms with E-state index in [9.17, 15) is 4.79 Å². The summed E-state index contributed by atoms with van der Waals surface area (Å²) in [6, 6.07) is 17.8. The zero-order chi connectivity index (χ0) is 19.9. The molecule has 0 unspecified atom stereocenters. The topological polar surface area (TPSA) is 128 Å². The monoisotopic (exact) mass is 439 g/mol. The molecule has 0 bridgehead atoms. The molecule has 28 heavy (non-hydrogen) atoms. The third-order valence-electron chi connectivity index (χ3n) is 3.45. The van der Waals surface area contributed by atoms with Gasteiger partial charge in [0.1, 0.15) is 4.60 Å². The number of hydrogen-bond acceptors (Lipinski definition) is 7. The maximum absolute atomic E-state index is 10.2. The molecular weight excluding hydrogens is 426 g/mol. The second-order valence-corrected chi connectivity index (χ2v) is 6.20. The Bertz CT molecular complexity index is 1070. The normalized spacial score (nSPS) is 10.0. The lowest BCUT2D eigenvalue weighted by Gasteiger charge is -1.98. The maximum Gasteiger partial charge on any atom is 0.335 e. The molecule has 9 heteroatoms. The summed E-state index contributed by atoms with van der Waals surface area (Å²) < 4.78 is 5.76. The van der Waals surface area contributed by atoms with Gasteiger partial charge in [-0.15, -0.1) is 0 Å². The van der Waals surface area contributed by atoms with E-state index in [0.717, 1.165) is 5.56 Å². The van der Waals surface area contributed by atoms with Crippen molar-refractivity contribution in [2.24, 2.45) is 0 Å². The van der Waals surface area contributed by atoms with E-state index in [1.165, 1.54) is 6.20 Å². The first-order valence-corrected chi connectivity index (χ1v) is 8.79. The van der Waals surface area contributed by atoms with Gasteiger partial charge in [-0.2, -0.15) is 4.98 Å². The first-order chi connectivity index (χ1) is 13.5. The highest BCUT2D eigenvalue weighted by Crippen LogP contribution is 2.24. The summed E-state index contributed by atoms with van der Waals surface area (Å²) in [5.41, 5.74) is 7.31. The molecule has 2 aromatic carbocycles. The van der Waals surface area contributed by atoms with E-state index in [0.29, 0.717) is 27.6 Å². The Kier molecular flexibility index (Phi) is 6.07. The highest BCUT2D eigenvalue weighted by molar-refractivity contribution is 9.10. The molecule has 0 saturated carbocycles.